The van der Waals surface area contributed by atoms with Crippen molar-refractivity contribution in [2.45, 2.75) is 26.4 Å². The number of hydrogen-bond acceptors (Lipinski definition) is 4. The summed E-state index contributed by atoms with van der Waals surface area (Å²) in [6.07, 6.45) is 0.578. The van der Waals surface area contributed by atoms with Gasteiger partial charge < -0.3 is 9.47 Å². The Bertz CT molecular complexity index is 401. The Hall–Kier alpha value is -1.68. The number of carbonyl (C=O) groups is 2. The van der Waals surface area contributed by atoms with Crippen LogP contribution in [0.3, 0.4) is 0 Å². The molecule has 0 aliphatic heterocycles. The second-order valence-electron chi connectivity index (χ2n) is 3.76. The van der Waals surface area contributed by atoms with E-state index in [4.69, 9.17) is 9.47 Å². The lowest BCUT2D eigenvalue weighted by molar-refractivity contribution is -0.156. The van der Waals surface area contributed by atoms with Crippen LogP contribution in [0, 0.1) is 0 Å². The molecular weight excluding hydrogens is 232 g/mol. The van der Waals surface area contributed by atoms with Crippen molar-refractivity contribution in [3.63, 3.8) is 0 Å². The number of carbonyl (C=O) groups excluding carboxylic acids is 2. The highest BCUT2D eigenvalue weighted by Crippen LogP contribution is 2.10. The summed E-state index contributed by atoms with van der Waals surface area (Å²) in [6, 6.07) is 7.11. The molecule has 1 unspecified atom stereocenters. The first kappa shape index (κ1) is 14.4. The summed E-state index contributed by atoms with van der Waals surface area (Å²) >= 11 is 0. The lowest BCUT2D eigenvalue weighted by Gasteiger charge is -2.15. The summed E-state index contributed by atoms with van der Waals surface area (Å²) in [6.45, 7) is 4.36. The molecule has 18 heavy (non-hydrogen) atoms. The van der Waals surface area contributed by atoms with Gasteiger partial charge in [-0.25, -0.2) is 4.79 Å². The maximum atomic E-state index is 11.7. The van der Waals surface area contributed by atoms with Gasteiger partial charge in [0, 0.05) is 18.6 Å². The molecule has 0 aromatic heterocycles. The quantitative estimate of drug-likeness (QED) is 0.548. The first-order chi connectivity index (χ1) is 8.71. The van der Waals surface area contributed by atoms with Gasteiger partial charge in [0.25, 0.3) is 0 Å². The summed E-state index contributed by atoms with van der Waals surface area (Å²) in [7, 11) is 0. The predicted octanol–water partition coefficient (Wildman–Crippen LogP) is 2.01. The predicted molar refractivity (Wildman–Crippen MR) is 67.6 cm³/mol. The van der Waals surface area contributed by atoms with Crippen LogP contribution < -0.4 is 0 Å². The zero-order chi connectivity index (χ0) is 13.4. The third-order valence-corrected chi connectivity index (χ3v) is 2.43. The molecule has 0 saturated carbocycles. The van der Waals surface area contributed by atoms with Crippen molar-refractivity contribution in [1.82, 2.24) is 0 Å². The van der Waals surface area contributed by atoms with Crippen molar-refractivity contribution in [1.29, 1.82) is 0 Å². The average molecular weight is 250 g/mol. The van der Waals surface area contributed by atoms with Crippen LogP contribution in [0.1, 0.15) is 29.8 Å². The van der Waals surface area contributed by atoms with Gasteiger partial charge in [0.15, 0.2) is 6.10 Å². The molecule has 0 N–H and O–H groups in total. The fraction of sp³-hybridized carbons (Fsp3) is 0.429. The number of ether oxygens (including phenoxy) is 2. The van der Waals surface area contributed by atoms with Crippen LogP contribution in [0.4, 0.5) is 0 Å². The maximum absolute atomic E-state index is 11.7. The first-order valence-corrected chi connectivity index (χ1v) is 6.03. The minimum atomic E-state index is -0.614. The van der Waals surface area contributed by atoms with Crippen molar-refractivity contribution in [3.8, 4) is 0 Å². The monoisotopic (exact) mass is 250 g/mol. The van der Waals surface area contributed by atoms with E-state index in [0.717, 1.165) is 11.8 Å². The van der Waals surface area contributed by atoms with E-state index in [2.05, 4.69) is 0 Å². The molecule has 1 rings (SSSR count). The molecule has 0 saturated heterocycles. The highest BCUT2D eigenvalue weighted by atomic mass is 16.6. The van der Waals surface area contributed by atoms with E-state index in [1.54, 1.807) is 25.1 Å². The number of benzene rings is 1. The van der Waals surface area contributed by atoms with E-state index in [0.29, 0.717) is 25.2 Å². The molecular formula is C14H18O4. The van der Waals surface area contributed by atoms with Crippen LogP contribution in [-0.4, -0.2) is 31.6 Å². The SMILES string of the molecule is CCOC(=O)C(Cc1cccc(C=O)c1)OCC. The van der Waals surface area contributed by atoms with Gasteiger partial charge in [0.2, 0.25) is 0 Å². The second-order valence-corrected chi connectivity index (χ2v) is 3.76. The van der Waals surface area contributed by atoms with Crippen LogP contribution in [0.5, 0.6) is 0 Å². The van der Waals surface area contributed by atoms with Gasteiger partial charge in [-0.15, -0.1) is 0 Å². The third-order valence-electron chi connectivity index (χ3n) is 2.43. The summed E-state index contributed by atoms with van der Waals surface area (Å²) in [5, 5.41) is 0. The molecule has 1 aromatic carbocycles. The summed E-state index contributed by atoms with van der Waals surface area (Å²) in [5.41, 5.74) is 1.47. The molecule has 0 bridgehead atoms. The zero-order valence-corrected chi connectivity index (χ0v) is 10.7. The fourth-order valence-electron chi connectivity index (χ4n) is 1.65. The normalized spacial score (nSPS) is 11.9. The van der Waals surface area contributed by atoms with E-state index >= 15 is 0 Å². The van der Waals surface area contributed by atoms with Crippen LogP contribution in [-0.2, 0) is 20.7 Å². The van der Waals surface area contributed by atoms with Crippen LogP contribution in [0.2, 0.25) is 0 Å². The number of aldehydes is 1. The fourth-order valence-corrected chi connectivity index (χ4v) is 1.65. The largest absolute Gasteiger partial charge is 0.464 e. The van der Waals surface area contributed by atoms with Gasteiger partial charge in [-0.1, -0.05) is 18.2 Å². The molecule has 0 heterocycles. The molecule has 0 amide bonds. The number of esters is 1. The van der Waals surface area contributed by atoms with Crippen LogP contribution in [0.25, 0.3) is 0 Å². The van der Waals surface area contributed by atoms with Gasteiger partial charge in [-0.2, -0.15) is 0 Å². The Morgan fingerprint density at radius 1 is 1.33 bits per heavy atom. The number of hydrogen-bond donors (Lipinski definition) is 0. The lowest BCUT2D eigenvalue weighted by atomic mass is 10.1. The van der Waals surface area contributed by atoms with E-state index in [1.165, 1.54) is 0 Å². The Morgan fingerprint density at radius 3 is 2.72 bits per heavy atom. The maximum Gasteiger partial charge on any atom is 0.335 e. The third kappa shape index (κ3) is 4.30. The van der Waals surface area contributed by atoms with Gasteiger partial charge in [-0.05, 0) is 25.5 Å². The van der Waals surface area contributed by atoms with E-state index in [9.17, 15) is 9.59 Å². The van der Waals surface area contributed by atoms with Crippen molar-refractivity contribution in [3.05, 3.63) is 35.4 Å². The van der Waals surface area contributed by atoms with Crippen molar-refractivity contribution in [2.75, 3.05) is 13.2 Å². The first-order valence-electron chi connectivity index (χ1n) is 6.03. The van der Waals surface area contributed by atoms with E-state index < -0.39 is 6.10 Å². The topological polar surface area (TPSA) is 52.6 Å². The summed E-state index contributed by atoms with van der Waals surface area (Å²) in [5.74, 6) is -0.365. The highest BCUT2D eigenvalue weighted by Gasteiger charge is 2.20. The van der Waals surface area contributed by atoms with Crippen LogP contribution in [0.15, 0.2) is 24.3 Å². The molecule has 1 aromatic rings. The molecule has 0 aliphatic carbocycles. The molecule has 0 spiro atoms. The zero-order valence-electron chi connectivity index (χ0n) is 10.7. The van der Waals surface area contributed by atoms with E-state index in [1.807, 2.05) is 13.0 Å². The Labute approximate surface area is 107 Å². The molecule has 1 atom stereocenters. The van der Waals surface area contributed by atoms with Crippen molar-refractivity contribution in [2.24, 2.45) is 0 Å². The lowest BCUT2D eigenvalue weighted by Crippen LogP contribution is -2.29. The molecule has 0 fully saturated rings. The average Bonchev–Trinajstić information content (AvgIpc) is 2.39. The smallest absolute Gasteiger partial charge is 0.335 e. The Balaban J connectivity index is 2.75. The van der Waals surface area contributed by atoms with Gasteiger partial charge >= 0.3 is 5.97 Å². The molecule has 0 radical (unpaired) electrons. The van der Waals surface area contributed by atoms with Crippen molar-refractivity contribution >= 4 is 12.3 Å². The van der Waals surface area contributed by atoms with E-state index in [-0.39, 0.29) is 5.97 Å². The summed E-state index contributed by atoms with van der Waals surface area (Å²) < 4.78 is 10.3. The molecule has 0 aliphatic rings. The molecule has 4 heteroatoms. The summed E-state index contributed by atoms with van der Waals surface area (Å²) in [4.78, 5) is 22.4. The Kier molecular flexibility index (Phi) is 6.08. The minimum Gasteiger partial charge on any atom is -0.464 e. The minimum absolute atomic E-state index is 0.330. The van der Waals surface area contributed by atoms with Gasteiger partial charge in [0.05, 0.1) is 6.61 Å². The van der Waals surface area contributed by atoms with Crippen LogP contribution >= 0.6 is 0 Å². The standard InChI is InChI=1S/C14H18O4/c1-3-17-13(14(16)18-4-2)9-11-6-5-7-12(8-11)10-15/h5-8,10,13H,3-4,9H2,1-2H3. The van der Waals surface area contributed by atoms with Gasteiger partial charge in [-0.3, -0.25) is 4.79 Å². The molecule has 4 nitrogen and oxygen atoms in total. The second kappa shape index (κ2) is 7.61. The molecule has 98 valence electrons. The van der Waals surface area contributed by atoms with Gasteiger partial charge in [0.1, 0.15) is 6.29 Å². The Morgan fingerprint density at radius 2 is 2.11 bits per heavy atom. The number of rotatable bonds is 7. The van der Waals surface area contributed by atoms with Crippen molar-refractivity contribution < 1.29 is 19.1 Å². The highest BCUT2D eigenvalue weighted by molar-refractivity contribution is 5.76.